The summed E-state index contributed by atoms with van der Waals surface area (Å²) in [7, 11) is 0. The van der Waals surface area contributed by atoms with Gasteiger partial charge in [-0.05, 0) is 54.1 Å². The predicted octanol–water partition coefficient (Wildman–Crippen LogP) is 6.99. The second kappa shape index (κ2) is 13.4. The number of nitrogens with one attached hydrogen (secondary N) is 3. The lowest BCUT2D eigenvalue weighted by Gasteiger charge is -2.09. The Labute approximate surface area is 245 Å². The first-order chi connectivity index (χ1) is 20.0. The van der Waals surface area contributed by atoms with Gasteiger partial charge in [-0.1, -0.05) is 66.2 Å². The number of carbonyl (C=O) groups excluding carboxylic acids is 2. The lowest BCUT2D eigenvalue weighted by Crippen LogP contribution is -2.20. The second-order valence-corrected chi connectivity index (χ2v) is 9.96. The summed E-state index contributed by atoms with van der Waals surface area (Å²) in [5.41, 5.74) is 6.89. The van der Waals surface area contributed by atoms with Crippen molar-refractivity contribution in [3.8, 4) is 17.0 Å². The van der Waals surface area contributed by atoms with E-state index in [0.717, 1.165) is 22.1 Å². The van der Waals surface area contributed by atoms with Crippen molar-refractivity contribution in [2.75, 3.05) is 17.2 Å². The highest BCUT2D eigenvalue weighted by atomic mass is 35.5. The van der Waals surface area contributed by atoms with Gasteiger partial charge in [0.15, 0.2) is 11.7 Å². The van der Waals surface area contributed by atoms with Crippen molar-refractivity contribution in [3.63, 3.8) is 0 Å². The van der Waals surface area contributed by atoms with Crippen LogP contribution in [0.3, 0.4) is 0 Å². The van der Waals surface area contributed by atoms with Gasteiger partial charge in [0.25, 0.3) is 11.8 Å². The minimum atomic E-state index is -0.346. The molecule has 0 radical (unpaired) electrons. The number of thiazole rings is 1. The van der Waals surface area contributed by atoms with Gasteiger partial charge in [0.2, 0.25) is 0 Å². The van der Waals surface area contributed by atoms with Crippen molar-refractivity contribution in [1.29, 1.82) is 0 Å². The summed E-state index contributed by atoms with van der Waals surface area (Å²) in [6.07, 6.45) is 1.50. The van der Waals surface area contributed by atoms with Crippen molar-refractivity contribution in [2.45, 2.75) is 0 Å². The smallest absolute Gasteiger partial charge is 0.271 e. The predicted molar refractivity (Wildman–Crippen MR) is 164 cm³/mol. The van der Waals surface area contributed by atoms with E-state index in [1.54, 1.807) is 60.7 Å². The lowest BCUT2D eigenvalue weighted by molar-refractivity contribution is -0.118. The van der Waals surface area contributed by atoms with Gasteiger partial charge in [0.1, 0.15) is 5.75 Å². The number of ether oxygens (including phenoxy) is 1. The van der Waals surface area contributed by atoms with Crippen molar-refractivity contribution < 1.29 is 14.3 Å². The van der Waals surface area contributed by atoms with Gasteiger partial charge in [-0.3, -0.25) is 9.59 Å². The lowest BCUT2D eigenvalue weighted by atomic mass is 10.1. The Kier molecular flexibility index (Phi) is 9.00. The van der Waals surface area contributed by atoms with Crippen LogP contribution in [0.25, 0.3) is 11.3 Å². The zero-order valence-corrected chi connectivity index (χ0v) is 23.2. The number of aromatic nitrogens is 1. The molecule has 0 aliphatic rings. The zero-order valence-electron chi connectivity index (χ0n) is 21.6. The Balaban J connectivity index is 1.11. The Hall–Kier alpha value is -4.99. The highest BCUT2D eigenvalue weighted by molar-refractivity contribution is 7.14. The Morgan fingerprint density at radius 1 is 0.927 bits per heavy atom. The molecule has 204 valence electrons. The molecule has 0 spiro atoms. The number of rotatable bonds is 10. The van der Waals surface area contributed by atoms with Crippen molar-refractivity contribution in [3.05, 3.63) is 125 Å². The van der Waals surface area contributed by atoms with E-state index in [1.165, 1.54) is 17.6 Å². The van der Waals surface area contributed by atoms with Crippen molar-refractivity contribution >= 4 is 57.5 Å². The van der Waals surface area contributed by atoms with E-state index in [0.29, 0.717) is 27.6 Å². The molecule has 0 saturated carbocycles. The third-order valence-electron chi connectivity index (χ3n) is 5.73. The summed E-state index contributed by atoms with van der Waals surface area (Å²) in [4.78, 5) is 29.4. The van der Waals surface area contributed by atoms with E-state index >= 15 is 0 Å². The first-order valence-electron chi connectivity index (χ1n) is 12.5. The highest BCUT2D eigenvalue weighted by Gasteiger charge is 2.09. The van der Waals surface area contributed by atoms with E-state index in [4.69, 9.17) is 16.3 Å². The number of halogens is 1. The van der Waals surface area contributed by atoms with Gasteiger partial charge in [0, 0.05) is 22.2 Å². The number of carbonyl (C=O) groups is 2. The Bertz CT molecular complexity index is 1670. The molecule has 0 unspecified atom stereocenters. The number of hydrazone groups is 1. The topological polar surface area (TPSA) is 105 Å². The SMILES string of the molecule is O=C(COc1cccc(/C=N/NC(=O)c2ccc(-c3csc(Nc4ccccc4)n3)cc2)c1)Nc1ccccc1Cl. The molecule has 0 fully saturated rings. The second-order valence-electron chi connectivity index (χ2n) is 8.69. The van der Waals surface area contributed by atoms with Crippen LogP contribution in [0, 0.1) is 0 Å². The summed E-state index contributed by atoms with van der Waals surface area (Å²) in [5, 5.41) is 13.2. The van der Waals surface area contributed by atoms with Crippen LogP contribution in [-0.2, 0) is 4.79 Å². The van der Waals surface area contributed by atoms with Crippen LogP contribution in [0.5, 0.6) is 5.75 Å². The highest BCUT2D eigenvalue weighted by Crippen LogP contribution is 2.27. The fraction of sp³-hybridized carbons (Fsp3) is 0.0323. The number of nitrogens with zero attached hydrogens (tertiary/aromatic N) is 2. The number of hydrogen-bond donors (Lipinski definition) is 3. The van der Waals surface area contributed by atoms with E-state index in [9.17, 15) is 9.59 Å². The molecule has 0 saturated heterocycles. The van der Waals surface area contributed by atoms with Crippen LogP contribution in [-0.4, -0.2) is 29.6 Å². The maximum absolute atomic E-state index is 12.6. The largest absolute Gasteiger partial charge is 0.484 e. The fourth-order valence-electron chi connectivity index (χ4n) is 3.71. The molecule has 0 aliphatic carbocycles. The van der Waals surface area contributed by atoms with E-state index < -0.39 is 0 Å². The summed E-state index contributed by atoms with van der Waals surface area (Å²) < 4.78 is 5.58. The molecule has 41 heavy (non-hydrogen) atoms. The molecule has 2 amide bonds. The van der Waals surface area contributed by atoms with E-state index in [2.05, 4.69) is 26.1 Å². The number of para-hydroxylation sites is 2. The summed E-state index contributed by atoms with van der Waals surface area (Å²) in [6, 6.07) is 31.0. The fourth-order valence-corrected chi connectivity index (χ4v) is 4.64. The quantitative estimate of drug-likeness (QED) is 0.122. The Morgan fingerprint density at radius 3 is 2.51 bits per heavy atom. The normalized spacial score (nSPS) is 10.8. The number of anilines is 3. The number of hydrogen-bond acceptors (Lipinski definition) is 7. The molecule has 5 aromatic rings. The van der Waals surface area contributed by atoms with Gasteiger partial charge < -0.3 is 15.4 Å². The Morgan fingerprint density at radius 2 is 1.71 bits per heavy atom. The minimum Gasteiger partial charge on any atom is -0.484 e. The molecular formula is C31H24ClN5O3S. The van der Waals surface area contributed by atoms with Crippen LogP contribution < -0.4 is 20.8 Å². The van der Waals surface area contributed by atoms with Gasteiger partial charge >= 0.3 is 0 Å². The standard InChI is InChI=1S/C31H24ClN5O3S/c32-26-11-4-5-12-27(26)35-29(38)19-40-25-10-6-7-21(17-25)18-33-37-30(39)23-15-13-22(14-16-23)28-20-41-31(36-28)34-24-8-2-1-3-9-24/h1-18,20H,19H2,(H,34,36)(H,35,38)(H,37,39)/b33-18+. The molecule has 0 atom stereocenters. The maximum Gasteiger partial charge on any atom is 0.271 e. The summed E-state index contributed by atoms with van der Waals surface area (Å²) >= 11 is 7.58. The van der Waals surface area contributed by atoms with Crippen LogP contribution >= 0.6 is 22.9 Å². The van der Waals surface area contributed by atoms with Crippen molar-refractivity contribution in [2.24, 2.45) is 5.10 Å². The van der Waals surface area contributed by atoms with Gasteiger partial charge in [-0.15, -0.1) is 11.3 Å². The average Bonchev–Trinajstić information content (AvgIpc) is 3.46. The van der Waals surface area contributed by atoms with E-state index in [-0.39, 0.29) is 18.4 Å². The first-order valence-corrected chi connectivity index (χ1v) is 13.8. The maximum atomic E-state index is 12.6. The molecule has 8 nitrogen and oxygen atoms in total. The van der Waals surface area contributed by atoms with Crippen LogP contribution in [0.2, 0.25) is 5.02 Å². The molecule has 4 aromatic carbocycles. The molecule has 0 aliphatic heterocycles. The third-order valence-corrected chi connectivity index (χ3v) is 6.82. The molecule has 1 heterocycles. The first kappa shape index (κ1) is 27.6. The summed E-state index contributed by atoms with van der Waals surface area (Å²) in [6.45, 7) is -0.190. The van der Waals surface area contributed by atoms with Crippen LogP contribution in [0.1, 0.15) is 15.9 Å². The number of benzene rings is 4. The monoisotopic (exact) mass is 581 g/mol. The molecule has 0 bridgehead atoms. The van der Waals surface area contributed by atoms with Gasteiger partial charge in [0.05, 0.1) is 22.6 Å². The average molecular weight is 582 g/mol. The zero-order chi connectivity index (χ0) is 28.4. The van der Waals surface area contributed by atoms with Crippen molar-refractivity contribution in [1.82, 2.24) is 10.4 Å². The molecule has 5 rings (SSSR count). The molecule has 10 heteroatoms. The van der Waals surface area contributed by atoms with Crippen LogP contribution in [0.4, 0.5) is 16.5 Å². The number of amides is 2. The molecule has 3 N–H and O–H groups in total. The molecule has 1 aromatic heterocycles. The molecular weight excluding hydrogens is 558 g/mol. The van der Waals surface area contributed by atoms with E-state index in [1.807, 2.05) is 47.8 Å². The minimum absolute atomic E-state index is 0.190. The third kappa shape index (κ3) is 7.78. The van der Waals surface area contributed by atoms with Crippen LogP contribution in [0.15, 0.2) is 114 Å². The summed E-state index contributed by atoms with van der Waals surface area (Å²) in [5.74, 6) is -0.204. The van der Waals surface area contributed by atoms with Gasteiger partial charge in [-0.2, -0.15) is 5.10 Å². The van der Waals surface area contributed by atoms with Gasteiger partial charge in [-0.25, -0.2) is 10.4 Å².